The minimum atomic E-state index is 0.0784. The molecule has 2 rings (SSSR count). The van der Waals surface area contributed by atoms with Gasteiger partial charge >= 0.3 is 0 Å². The Balaban J connectivity index is 2.22. The molecule has 0 saturated carbocycles. The normalized spacial score (nSPS) is 12.7. The Morgan fingerprint density at radius 1 is 1.44 bits per heavy atom. The third kappa shape index (κ3) is 3.09. The van der Waals surface area contributed by atoms with Crippen molar-refractivity contribution in [3.8, 4) is 0 Å². The zero-order valence-corrected chi connectivity index (χ0v) is 12.0. The van der Waals surface area contributed by atoms with Crippen LogP contribution in [0.2, 0.25) is 5.02 Å². The van der Waals surface area contributed by atoms with E-state index in [-0.39, 0.29) is 6.04 Å². The average molecular weight is 282 g/mol. The molecule has 3 nitrogen and oxygen atoms in total. The van der Waals surface area contributed by atoms with Crippen LogP contribution in [0.5, 0.6) is 0 Å². The number of hydrogen-bond acceptors (Lipinski definition) is 4. The second-order valence-electron chi connectivity index (χ2n) is 4.24. The van der Waals surface area contributed by atoms with E-state index in [9.17, 15) is 0 Å². The van der Waals surface area contributed by atoms with Gasteiger partial charge < -0.3 is 0 Å². The first-order valence-electron chi connectivity index (χ1n) is 5.74. The van der Waals surface area contributed by atoms with E-state index in [0.29, 0.717) is 0 Å². The molecule has 1 aromatic carbocycles. The molecule has 0 amide bonds. The highest BCUT2D eigenvalue weighted by Crippen LogP contribution is 2.27. The first-order valence-corrected chi connectivity index (χ1v) is 6.94. The van der Waals surface area contributed by atoms with Gasteiger partial charge in [0.25, 0.3) is 0 Å². The number of hydrogen-bond donors (Lipinski definition) is 2. The van der Waals surface area contributed by atoms with Crippen molar-refractivity contribution in [2.45, 2.75) is 26.3 Å². The van der Waals surface area contributed by atoms with E-state index in [2.05, 4.69) is 16.5 Å². The van der Waals surface area contributed by atoms with Crippen LogP contribution in [0.1, 0.15) is 27.2 Å². The molecule has 1 heterocycles. The summed E-state index contributed by atoms with van der Waals surface area (Å²) in [4.78, 5) is 5.63. The standard InChI is InChI=1S/C13H16ClN3S/c1-8-13(18-9(2)16-8)12(17-15)7-10-4-3-5-11(14)6-10/h3-6,12,17H,7,15H2,1-2H3. The van der Waals surface area contributed by atoms with Gasteiger partial charge in [0.05, 0.1) is 16.7 Å². The van der Waals surface area contributed by atoms with Crippen molar-refractivity contribution in [3.63, 3.8) is 0 Å². The van der Waals surface area contributed by atoms with Gasteiger partial charge in [-0.25, -0.2) is 4.98 Å². The van der Waals surface area contributed by atoms with Crippen LogP contribution in [0.25, 0.3) is 0 Å². The van der Waals surface area contributed by atoms with Gasteiger partial charge in [-0.05, 0) is 38.0 Å². The number of thiazole rings is 1. The highest BCUT2D eigenvalue weighted by atomic mass is 35.5. The maximum atomic E-state index is 5.99. The van der Waals surface area contributed by atoms with Crippen LogP contribution in [0.4, 0.5) is 0 Å². The largest absolute Gasteiger partial charge is 0.271 e. The molecule has 96 valence electrons. The van der Waals surface area contributed by atoms with Gasteiger partial charge in [0.2, 0.25) is 0 Å². The summed E-state index contributed by atoms with van der Waals surface area (Å²) in [6.45, 7) is 4.02. The summed E-state index contributed by atoms with van der Waals surface area (Å²) in [5, 5.41) is 1.81. The van der Waals surface area contributed by atoms with Crippen molar-refractivity contribution >= 4 is 22.9 Å². The molecular formula is C13H16ClN3S. The molecule has 0 spiro atoms. The van der Waals surface area contributed by atoms with E-state index in [1.807, 2.05) is 32.0 Å². The van der Waals surface area contributed by atoms with Gasteiger partial charge in [-0.2, -0.15) is 0 Å². The van der Waals surface area contributed by atoms with Crippen molar-refractivity contribution in [2.24, 2.45) is 5.84 Å². The number of nitrogens with one attached hydrogen (secondary N) is 1. The predicted molar refractivity (Wildman–Crippen MR) is 76.8 cm³/mol. The summed E-state index contributed by atoms with van der Waals surface area (Å²) in [5.74, 6) is 5.66. The number of benzene rings is 1. The summed E-state index contributed by atoms with van der Waals surface area (Å²) < 4.78 is 0. The number of rotatable bonds is 4. The molecule has 0 fully saturated rings. The van der Waals surface area contributed by atoms with Crippen LogP contribution in [0.15, 0.2) is 24.3 Å². The lowest BCUT2D eigenvalue weighted by molar-refractivity contribution is 0.557. The van der Waals surface area contributed by atoms with Gasteiger partial charge in [-0.15, -0.1) is 11.3 Å². The molecule has 0 aliphatic heterocycles. The lowest BCUT2D eigenvalue weighted by Gasteiger charge is -2.15. The third-order valence-electron chi connectivity index (χ3n) is 2.79. The second kappa shape index (κ2) is 5.80. The van der Waals surface area contributed by atoms with Crippen molar-refractivity contribution in [1.82, 2.24) is 10.4 Å². The van der Waals surface area contributed by atoms with E-state index in [0.717, 1.165) is 27.7 Å². The molecule has 18 heavy (non-hydrogen) atoms. The van der Waals surface area contributed by atoms with Crippen LogP contribution in [-0.4, -0.2) is 4.98 Å². The molecule has 0 bridgehead atoms. The van der Waals surface area contributed by atoms with E-state index in [4.69, 9.17) is 17.4 Å². The highest BCUT2D eigenvalue weighted by Gasteiger charge is 2.16. The van der Waals surface area contributed by atoms with Crippen molar-refractivity contribution in [2.75, 3.05) is 0 Å². The minimum Gasteiger partial charge on any atom is -0.271 e. The minimum absolute atomic E-state index is 0.0784. The smallest absolute Gasteiger partial charge is 0.0900 e. The predicted octanol–water partition coefficient (Wildman–Crippen LogP) is 3.16. The Labute approximate surface area is 116 Å². The fourth-order valence-corrected chi connectivity index (χ4v) is 3.20. The van der Waals surface area contributed by atoms with Crippen LogP contribution in [0.3, 0.4) is 0 Å². The Kier molecular flexibility index (Phi) is 4.35. The summed E-state index contributed by atoms with van der Waals surface area (Å²) in [6, 6.07) is 7.93. The summed E-state index contributed by atoms with van der Waals surface area (Å²) >= 11 is 7.68. The molecular weight excluding hydrogens is 266 g/mol. The lowest BCUT2D eigenvalue weighted by Crippen LogP contribution is -2.29. The molecule has 0 saturated heterocycles. The maximum absolute atomic E-state index is 5.99. The third-order valence-corrected chi connectivity index (χ3v) is 4.21. The van der Waals surface area contributed by atoms with Gasteiger partial charge in [0, 0.05) is 9.90 Å². The Hall–Kier alpha value is -0.940. The number of hydrazine groups is 1. The highest BCUT2D eigenvalue weighted by molar-refractivity contribution is 7.11. The van der Waals surface area contributed by atoms with Gasteiger partial charge in [-0.3, -0.25) is 11.3 Å². The number of nitrogens with zero attached hydrogens (tertiary/aromatic N) is 1. The van der Waals surface area contributed by atoms with Crippen LogP contribution < -0.4 is 11.3 Å². The molecule has 5 heteroatoms. The zero-order valence-electron chi connectivity index (χ0n) is 10.4. The fourth-order valence-electron chi connectivity index (χ4n) is 2.00. The molecule has 1 unspecified atom stereocenters. The van der Waals surface area contributed by atoms with E-state index >= 15 is 0 Å². The zero-order chi connectivity index (χ0) is 13.1. The SMILES string of the molecule is Cc1nc(C)c(C(Cc2cccc(Cl)c2)NN)s1. The molecule has 0 radical (unpaired) electrons. The van der Waals surface area contributed by atoms with Crippen molar-refractivity contribution in [1.29, 1.82) is 0 Å². The quantitative estimate of drug-likeness (QED) is 0.669. The van der Waals surface area contributed by atoms with Crippen molar-refractivity contribution < 1.29 is 0 Å². The number of nitrogens with two attached hydrogens (primary N) is 1. The molecule has 1 aromatic heterocycles. The number of aryl methyl sites for hydroxylation is 2. The van der Waals surface area contributed by atoms with Crippen molar-refractivity contribution in [3.05, 3.63) is 50.4 Å². The Morgan fingerprint density at radius 2 is 2.22 bits per heavy atom. The molecule has 0 aliphatic carbocycles. The van der Waals surface area contributed by atoms with E-state index in [1.54, 1.807) is 11.3 Å². The monoisotopic (exact) mass is 281 g/mol. The van der Waals surface area contributed by atoms with Crippen LogP contribution >= 0.6 is 22.9 Å². The Bertz CT molecular complexity index is 539. The average Bonchev–Trinajstić information content (AvgIpc) is 2.65. The van der Waals surface area contributed by atoms with Crippen LogP contribution in [0, 0.1) is 13.8 Å². The maximum Gasteiger partial charge on any atom is 0.0900 e. The first-order chi connectivity index (χ1) is 8.60. The number of halogens is 1. The summed E-state index contributed by atoms with van der Waals surface area (Å²) in [5.41, 5.74) is 5.07. The lowest BCUT2D eigenvalue weighted by atomic mass is 10.0. The van der Waals surface area contributed by atoms with E-state index < -0.39 is 0 Å². The summed E-state index contributed by atoms with van der Waals surface area (Å²) in [7, 11) is 0. The van der Waals surface area contributed by atoms with Gasteiger partial charge in [0.1, 0.15) is 0 Å². The van der Waals surface area contributed by atoms with Crippen LogP contribution in [-0.2, 0) is 6.42 Å². The topological polar surface area (TPSA) is 50.9 Å². The molecule has 0 aliphatic rings. The second-order valence-corrected chi connectivity index (χ2v) is 5.91. The summed E-state index contributed by atoms with van der Waals surface area (Å²) in [6.07, 6.45) is 0.805. The molecule has 1 atom stereocenters. The Morgan fingerprint density at radius 3 is 2.78 bits per heavy atom. The van der Waals surface area contributed by atoms with Gasteiger partial charge in [0.15, 0.2) is 0 Å². The fraction of sp³-hybridized carbons (Fsp3) is 0.308. The number of aromatic nitrogens is 1. The van der Waals surface area contributed by atoms with E-state index in [1.165, 1.54) is 4.88 Å². The molecule has 3 N–H and O–H groups in total. The molecule has 2 aromatic rings. The van der Waals surface area contributed by atoms with Gasteiger partial charge in [-0.1, -0.05) is 23.7 Å². The first kappa shape index (κ1) is 13.5.